The standard InChI is InChI=1S/C26H33ClN2O6S/c1-18(30)28-21-8-10-23(11-9-21)36(32,33)35-24-12-7-20(27)14-19(24)16-29(17-22-6-5-13-34-22)25(31)15-26(2,3)4/h7-12,14,22H,5-6,13,15-17H2,1-4H3,(H,28,30)/t22-/m0/s1. The third kappa shape index (κ3) is 8.21. The van der Waals surface area contributed by atoms with Gasteiger partial charge in [0.1, 0.15) is 10.6 Å². The van der Waals surface area contributed by atoms with Crippen LogP contribution in [0, 0.1) is 5.41 Å². The Kier molecular flexibility index (Phi) is 9.03. The molecule has 196 valence electrons. The molecule has 36 heavy (non-hydrogen) atoms. The van der Waals surface area contributed by atoms with E-state index < -0.39 is 10.1 Å². The maximum atomic E-state index is 13.2. The minimum atomic E-state index is -4.19. The van der Waals surface area contributed by atoms with Gasteiger partial charge >= 0.3 is 10.1 Å². The second-order valence-electron chi connectivity index (χ2n) is 10.1. The van der Waals surface area contributed by atoms with Gasteiger partial charge in [0.15, 0.2) is 0 Å². The lowest BCUT2D eigenvalue weighted by Crippen LogP contribution is -2.38. The molecular weight excluding hydrogens is 504 g/mol. The summed E-state index contributed by atoms with van der Waals surface area (Å²) in [5.74, 6) is -0.229. The summed E-state index contributed by atoms with van der Waals surface area (Å²) in [4.78, 5) is 26.0. The van der Waals surface area contributed by atoms with Gasteiger partial charge in [0.25, 0.3) is 0 Å². The summed E-state index contributed by atoms with van der Waals surface area (Å²) in [5, 5.41) is 2.99. The van der Waals surface area contributed by atoms with E-state index in [4.69, 9.17) is 20.5 Å². The van der Waals surface area contributed by atoms with Crippen LogP contribution in [0.5, 0.6) is 5.75 Å². The van der Waals surface area contributed by atoms with E-state index in [1.807, 2.05) is 20.8 Å². The lowest BCUT2D eigenvalue weighted by molar-refractivity contribution is -0.135. The third-order valence-electron chi connectivity index (χ3n) is 5.53. The summed E-state index contributed by atoms with van der Waals surface area (Å²) in [6, 6.07) is 10.3. The zero-order valence-corrected chi connectivity index (χ0v) is 22.6. The van der Waals surface area contributed by atoms with Crippen molar-refractivity contribution in [3.05, 3.63) is 53.1 Å². The Morgan fingerprint density at radius 2 is 1.86 bits per heavy atom. The number of amides is 2. The van der Waals surface area contributed by atoms with E-state index in [2.05, 4.69) is 5.32 Å². The van der Waals surface area contributed by atoms with Crippen molar-refractivity contribution in [3.8, 4) is 5.75 Å². The largest absolute Gasteiger partial charge is 0.379 e. The third-order valence-corrected chi connectivity index (χ3v) is 7.01. The number of hydrogen-bond donors (Lipinski definition) is 1. The van der Waals surface area contributed by atoms with Crippen molar-refractivity contribution >= 4 is 39.2 Å². The van der Waals surface area contributed by atoms with Gasteiger partial charge in [0.05, 0.1) is 6.10 Å². The van der Waals surface area contributed by atoms with Gasteiger partial charge in [-0.3, -0.25) is 9.59 Å². The molecule has 1 atom stereocenters. The fraction of sp³-hybridized carbons (Fsp3) is 0.462. The summed E-state index contributed by atoms with van der Waals surface area (Å²) >= 11 is 6.24. The Balaban J connectivity index is 1.86. The predicted octanol–water partition coefficient (Wildman–Crippen LogP) is 5.01. The molecule has 1 fully saturated rings. The molecule has 0 aromatic heterocycles. The first-order valence-electron chi connectivity index (χ1n) is 11.8. The number of nitrogens with one attached hydrogen (secondary N) is 1. The van der Waals surface area contributed by atoms with Crippen LogP contribution in [-0.4, -0.2) is 44.4 Å². The van der Waals surface area contributed by atoms with Gasteiger partial charge in [0.2, 0.25) is 11.8 Å². The van der Waals surface area contributed by atoms with E-state index >= 15 is 0 Å². The Bertz CT molecular complexity index is 1190. The lowest BCUT2D eigenvalue weighted by atomic mass is 9.91. The lowest BCUT2D eigenvalue weighted by Gasteiger charge is -2.29. The van der Waals surface area contributed by atoms with E-state index in [1.165, 1.54) is 43.3 Å². The van der Waals surface area contributed by atoms with Crippen molar-refractivity contribution in [2.24, 2.45) is 5.41 Å². The van der Waals surface area contributed by atoms with E-state index in [-0.39, 0.29) is 40.5 Å². The number of carbonyl (C=O) groups excluding carboxylic acids is 2. The Morgan fingerprint density at radius 1 is 1.17 bits per heavy atom. The zero-order chi connectivity index (χ0) is 26.5. The first kappa shape index (κ1) is 28.0. The molecule has 1 saturated heterocycles. The fourth-order valence-corrected chi connectivity index (χ4v) is 5.05. The van der Waals surface area contributed by atoms with Crippen LogP contribution in [0.4, 0.5) is 5.69 Å². The van der Waals surface area contributed by atoms with Gasteiger partial charge in [-0.05, 0) is 60.7 Å². The minimum absolute atomic E-state index is 0.0552. The van der Waals surface area contributed by atoms with Crippen LogP contribution in [0.15, 0.2) is 47.4 Å². The molecule has 2 aromatic rings. The monoisotopic (exact) mass is 536 g/mol. The summed E-state index contributed by atoms with van der Waals surface area (Å²) < 4.78 is 37.3. The van der Waals surface area contributed by atoms with Gasteiger partial charge in [-0.1, -0.05) is 32.4 Å². The molecule has 1 aliphatic heterocycles. The number of halogens is 1. The van der Waals surface area contributed by atoms with Crippen LogP contribution < -0.4 is 9.50 Å². The van der Waals surface area contributed by atoms with Gasteiger partial charge in [0, 0.05) is 49.3 Å². The van der Waals surface area contributed by atoms with Crippen LogP contribution in [0.1, 0.15) is 52.5 Å². The van der Waals surface area contributed by atoms with Crippen LogP contribution in [-0.2, 0) is 31.0 Å². The first-order chi connectivity index (χ1) is 16.8. The molecule has 3 rings (SSSR count). The molecule has 1 N–H and O–H groups in total. The van der Waals surface area contributed by atoms with Crippen molar-refractivity contribution in [2.75, 3.05) is 18.5 Å². The maximum Gasteiger partial charge on any atom is 0.339 e. The molecule has 2 aromatic carbocycles. The average molecular weight is 537 g/mol. The van der Waals surface area contributed by atoms with E-state index in [9.17, 15) is 18.0 Å². The van der Waals surface area contributed by atoms with Gasteiger partial charge in [-0.25, -0.2) is 0 Å². The van der Waals surface area contributed by atoms with Crippen LogP contribution in [0.25, 0.3) is 0 Å². The minimum Gasteiger partial charge on any atom is -0.379 e. The molecular formula is C26H33ClN2O6S. The second kappa shape index (κ2) is 11.6. The normalized spacial score (nSPS) is 16.0. The van der Waals surface area contributed by atoms with Crippen LogP contribution in [0.2, 0.25) is 5.02 Å². The zero-order valence-electron chi connectivity index (χ0n) is 21.0. The highest BCUT2D eigenvalue weighted by atomic mass is 35.5. The van der Waals surface area contributed by atoms with E-state index in [0.29, 0.717) is 35.8 Å². The van der Waals surface area contributed by atoms with Gasteiger partial charge in [-0.15, -0.1) is 0 Å². The number of rotatable bonds is 9. The Morgan fingerprint density at radius 3 is 2.44 bits per heavy atom. The smallest absolute Gasteiger partial charge is 0.339 e. The number of ether oxygens (including phenoxy) is 1. The molecule has 0 saturated carbocycles. The summed E-state index contributed by atoms with van der Waals surface area (Å²) in [7, 11) is -4.19. The summed E-state index contributed by atoms with van der Waals surface area (Å²) in [5.41, 5.74) is 0.726. The van der Waals surface area contributed by atoms with Crippen molar-refractivity contribution in [1.82, 2.24) is 4.90 Å². The number of nitrogens with zero attached hydrogens (tertiary/aromatic N) is 1. The molecule has 0 unspecified atom stereocenters. The van der Waals surface area contributed by atoms with Gasteiger partial charge in [-0.2, -0.15) is 8.42 Å². The second-order valence-corrected chi connectivity index (χ2v) is 12.1. The predicted molar refractivity (Wildman–Crippen MR) is 138 cm³/mol. The summed E-state index contributed by atoms with van der Waals surface area (Å²) in [6.45, 7) is 8.53. The highest BCUT2D eigenvalue weighted by Crippen LogP contribution is 2.30. The Labute approximate surface area is 218 Å². The molecule has 1 heterocycles. The molecule has 0 spiro atoms. The number of carbonyl (C=O) groups is 2. The highest BCUT2D eigenvalue weighted by Gasteiger charge is 2.27. The quantitative estimate of drug-likeness (QED) is 0.452. The first-order valence-corrected chi connectivity index (χ1v) is 13.6. The van der Waals surface area contributed by atoms with Crippen molar-refractivity contribution < 1.29 is 26.9 Å². The van der Waals surface area contributed by atoms with Gasteiger partial charge < -0.3 is 19.1 Å². The van der Waals surface area contributed by atoms with Crippen LogP contribution >= 0.6 is 11.6 Å². The molecule has 1 aliphatic rings. The molecule has 8 nitrogen and oxygen atoms in total. The fourth-order valence-electron chi connectivity index (χ4n) is 3.89. The maximum absolute atomic E-state index is 13.2. The van der Waals surface area contributed by atoms with Crippen LogP contribution in [0.3, 0.4) is 0 Å². The van der Waals surface area contributed by atoms with Crippen molar-refractivity contribution in [1.29, 1.82) is 0 Å². The van der Waals surface area contributed by atoms with E-state index in [0.717, 1.165) is 12.8 Å². The highest BCUT2D eigenvalue weighted by molar-refractivity contribution is 7.87. The van der Waals surface area contributed by atoms with E-state index in [1.54, 1.807) is 11.0 Å². The topological polar surface area (TPSA) is 102 Å². The molecule has 2 amide bonds. The number of benzene rings is 2. The van der Waals surface area contributed by atoms with Crippen molar-refractivity contribution in [3.63, 3.8) is 0 Å². The molecule has 0 aliphatic carbocycles. The number of anilines is 1. The molecule has 0 radical (unpaired) electrons. The average Bonchev–Trinajstić information content (AvgIpc) is 3.27. The Hall–Kier alpha value is -2.62. The SMILES string of the molecule is CC(=O)Nc1ccc(S(=O)(=O)Oc2ccc(Cl)cc2CN(C[C@@H]2CCCO2)C(=O)CC(C)(C)C)cc1. The molecule has 10 heteroatoms. The number of hydrogen-bond acceptors (Lipinski definition) is 6. The van der Waals surface area contributed by atoms with Crippen molar-refractivity contribution in [2.45, 2.75) is 64.5 Å². The molecule has 0 bridgehead atoms. The summed E-state index contributed by atoms with van der Waals surface area (Å²) in [6.07, 6.45) is 2.07.